The molecule has 0 amide bonds. The van der Waals surface area contributed by atoms with Gasteiger partial charge in [-0.1, -0.05) is 0 Å². The average Bonchev–Trinajstić information content (AvgIpc) is 2.95. The van der Waals surface area contributed by atoms with Gasteiger partial charge in [-0.25, -0.2) is 18.4 Å². The molecule has 0 N–H and O–H groups in total. The Hall–Kier alpha value is -2.06. The van der Waals surface area contributed by atoms with Crippen LogP contribution in [0.5, 0.6) is 0 Å². The van der Waals surface area contributed by atoms with E-state index in [1.165, 1.54) is 0 Å². The molecule has 28 heavy (non-hydrogen) atoms. The van der Waals surface area contributed by atoms with E-state index in [0.29, 0.717) is 37.6 Å². The molecule has 2 aromatic heterocycles. The highest BCUT2D eigenvalue weighted by atomic mass is 32.2. The molecule has 2 aliphatic heterocycles. The van der Waals surface area contributed by atoms with Crippen molar-refractivity contribution in [2.45, 2.75) is 44.4 Å². The molecule has 2 aromatic rings. The highest BCUT2D eigenvalue weighted by molar-refractivity contribution is 7.92. The number of pyridine rings is 1. The van der Waals surface area contributed by atoms with E-state index in [4.69, 9.17) is 14.7 Å². The maximum absolute atomic E-state index is 12.8. The molecular weight excluding hydrogens is 376 g/mol. The molecule has 0 unspecified atom stereocenters. The Labute approximate surface area is 166 Å². The number of ether oxygens (including phenoxy) is 1. The van der Waals surface area contributed by atoms with Crippen LogP contribution in [0.15, 0.2) is 24.4 Å². The number of nitrogens with zero attached hydrogens (tertiary/aromatic N) is 4. The molecule has 0 aliphatic carbocycles. The number of hydrogen-bond donors (Lipinski definition) is 0. The van der Waals surface area contributed by atoms with Gasteiger partial charge in [-0.15, -0.1) is 0 Å². The van der Waals surface area contributed by atoms with Crippen LogP contribution in [0.25, 0.3) is 11.4 Å². The van der Waals surface area contributed by atoms with E-state index in [0.717, 1.165) is 23.6 Å². The third-order valence-corrected chi connectivity index (χ3v) is 8.44. The lowest BCUT2D eigenvalue weighted by Crippen LogP contribution is -2.44. The van der Waals surface area contributed by atoms with Crippen LogP contribution >= 0.6 is 0 Å². The molecule has 0 spiro atoms. The Balaban J connectivity index is 1.88. The second kappa shape index (κ2) is 7.08. The lowest BCUT2D eigenvalue weighted by molar-refractivity contribution is 0.0985. The third-order valence-electron chi connectivity index (χ3n) is 5.82. The van der Waals surface area contributed by atoms with Crippen LogP contribution in [0, 0.1) is 6.92 Å². The Morgan fingerprint density at radius 1 is 1.29 bits per heavy atom. The first-order valence-electron chi connectivity index (χ1n) is 9.69. The maximum Gasteiger partial charge on any atom is 0.161 e. The summed E-state index contributed by atoms with van der Waals surface area (Å²) in [5.41, 5.74) is 2.29. The van der Waals surface area contributed by atoms with E-state index < -0.39 is 14.6 Å². The molecule has 2 fully saturated rings. The molecule has 2 saturated heterocycles. The summed E-state index contributed by atoms with van der Waals surface area (Å²) in [5.74, 6) is 1.51. The Morgan fingerprint density at radius 2 is 2.11 bits per heavy atom. The van der Waals surface area contributed by atoms with Gasteiger partial charge in [-0.05, 0) is 45.7 Å². The summed E-state index contributed by atoms with van der Waals surface area (Å²) < 4.78 is 30.3. The van der Waals surface area contributed by atoms with Gasteiger partial charge in [-0.3, -0.25) is 4.98 Å². The predicted octanol–water partition coefficient (Wildman–Crippen LogP) is 2.50. The topological polar surface area (TPSA) is 85.3 Å². The van der Waals surface area contributed by atoms with Gasteiger partial charge >= 0.3 is 0 Å². The SMILES string of the molecule is Cc1cc(-c2nc(N3CCOC[C@H]3C)cc([C@]3(C)CCCS3(=O)=O)n2)ccn1. The Morgan fingerprint density at radius 3 is 2.79 bits per heavy atom. The fourth-order valence-electron chi connectivity index (χ4n) is 4.00. The normalized spacial score (nSPS) is 27.1. The zero-order chi connectivity index (χ0) is 19.9. The lowest BCUT2D eigenvalue weighted by Gasteiger charge is -2.35. The standard InChI is InChI=1S/C20H26N4O3S/c1-14-11-16(5-7-21-14)19-22-17(20(3)6-4-10-28(20,25)26)12-18(23-19)24-8-9-27-13-15(24)2/h5,7,11-12,15H,4,6,8-10,13H2,1-3H3/t15-,20+/m1/s1. The highest BCUT2D eigenvalue weighted by Gasteiger charge is 2.46. The van der Waals surface area contributed by atoms with Crippen LogP contribution in [-0.4, -0.2) is 54.9 Å². The van der Waals surface area contributed by atoms with Crippen molar-refractivity contribution >= 4 is 15.7 Å². The molecular formula is C20H26N4O3S. The summed E-state index contributed by atoms with van der Waals surface area (Å²) >= 11 is 0. The van der Waals surface area contributed by atoms with Crippen LogP contribution in [0.2, 0.25) is 0 Å². The van der Waals surface area contributed by atoms with E-state index in [-0.39, 0.29) is 11.8 Å². The van der Waals surface area contributed by atoms with Crippen molar-refractivity contribution in [3.63, 3.8) is 0 Å². The third kappa shape index (κ3) is 3.28. The first-order chi connectivity index (χ1) is 13.3. The summed E-state index contributed by atoms with van der Waals surface area (Å²) in [5, 5.41) is 0. The van der Waals surface area contributed by atoms with Crippen molar-refractivity contribution in [1.82, 2.24) is 15.0 Å². The zero-order valence-electron chi connectivity index (χ0n) is 16.6. The van der Waals surface area contributed by atoms with Crippen molar-refractivity contribution in [1.29, 1.82) is 0 Å². The first-order valence-corrected chi connectivity index (χ1v) is 11.3. The fourth-order valence-corrected chi connectivity index (χ4v) is 5.85. The fraction of sp³-hybridized carbons (Fsp3) is 0.550. The van der Waals surface area contributed by atoms with E-state index in [1.54, 1.807) is 13.1 Å². The number of rotatable bonds is 3. The Kier molecular flexibility index (Phi) is 4.87. The molecule has 0 aromatic carbocycles. The monoisotopic (exact) mass is 402 g/mol. The summed E-state index contributed by atoms with van der Waals surface area (Å²) in [6.45, 7) is 7.77. The summed E-state index contributed by atoms with van der Waals surface area (Å²) in [7, 11) is -3.25. The molecule has 8 heteroatoms. The maximum atomic E-state index is 12.8. The van der Waals surface area contributed by atoms with Crippen molar-refractivity contribution in [2.75, 3.05) is 30.4 Å². The van der Waals surface area contributed by atoms with Gasteiger partial charge in [0, 0.05) is 30.1 Å². The van der Waals surface area contributed by atoms with E-state index in [1.807, 2.05) is 25.1 Å². The summed E-state index contributed by atoms with van der Waals surface area (Å²) in [6.07, 6.45) is 2.97. The minimum absolute atomic E-state index is 0.163. The van der Waals surface area contributed by atoms with Crippen LogP contribution in [0.4, 0.5) is 5.82 Å². The molecule has 0 saturated carbocycles. The lowest BCUT2D eigenvalue weighted by atomic mass is 10.0. The minimum atomic E-state index is -3.25. The minimum Gasteiger partial charge on any atom is -0.377 e. The molecule has 7 nitrogen and oxygen atoms in total. The van der Waals surface area contributed by atoms with Gasteiger partial charge < -0.3 is 9.64 Å². The van der Waals surface area contributed by atoms with Gasteiger partial charge in [0.15, 0.2) is 15.7 Å². The smallest absolute Gasteiger partial charge is 0.161 e. The number of aromatic nitrogens is 3. The molecule has 4 rings (SSSR count). The average molecular weight is 403 g/mol. The number of anilines is 1. The molecule has 0 bridgehead atoms. The second-order valence-electron chi connectivity index (χ2n) is 7.89. The van der Waals surface area contributed by atoms with Crippen LogP contribution in [0.1, 0.15) is 38.1 Å². The quantitative estimate of drug-likeness (QED) is 0.780. The molecule has 0 radical (unpaired) electrons. The van der Waals surface area contributed by atoms with Crippen molar-refractivity contribution in [3.05, 3.63) is 35.8 Å². The van der Waals surface area contributed by atoms with E-state index in [9.17, 15) is 8.42 Å². The number of morpholine rings is 1. The number of sulfone groups is 1. The van der Waals surface area contributed by atoms with Crippen LogP contribution < -0.4 is 4.90 Å². The van der Waals surface area contributed by atoms with E-state index >= 15 is 0 Å². The molecule has 4 heterocycles. The number of aryl methyl sites for hydroxylation is 1. The first kappa shape index (κ1) is 19.3. The largest absolute Gasteiger partial charge is 0.377 e. The summed E-state index contributed by atoms with van der Waals surface area (Å²) in [4.78, 5) is 16.0. The van der Waals surface area contributed by atoms with Crippen molar-refractivity contribution < 1.29 is 13.2 Å². The summed E-state index contributed by atoms with van der Waals surface area (Å²) in [6, 6.07) is 5.82. The van der Waals surface area contributed by atoms with Crippen molar-refractivity contribution in [2.24, 2.45) is 0 Å². The predicted molar refractivity (Wildman–Crippen MR) is 108 cm³/mol. The van der Waals surface area contributed by atoms with Crippen LogP contribution in [-0.2, 0) is 19.3 Å². The highest BCUT2D eigenvalue weighted by Crippen LogP contribution is 2.41. The molecule has 2 atom stereocenters. The second-order valence-corrected chi connectivity index (χ2v) is 10.4. The number of hydrogen-bond acceptors (Lipinski definition) is 7. The van der Waals surface area contributed by atoms with Crippen molar-refractivity contribution in [3.8, 4) is 11.4 Å². The molecule has 2 aliphatic rings. The van der Waals surface area contributed by atoms with E-state index in [2.05, 4.69) is 16.8 Å². The van der Waals surface area contributed by atoms with Gasteiger partial charge in [0.05, 0.1) is 30.7 Å². The van der Waals surface area contributed by atoms with Crippen LogP contribution in [0.3, 0.4) is 0 Å². The zero-order valence-corrected chi connectivity index (χ0v) is 17.4. The molecule has 150 valence electrons. The van der Waals surface area contributed by atoms with Gasteiger partial charge in [-0.2, -0.15) is 0 Å². The van der Waals surface area contributed by atoms with Gasteiger partial charge in [0.25, 0.3) is 0 Å². The Bertz CT molecular complexity index is 995. The van der Waals surface area contributed by atoms with Gasteiger partial charge in [0.1, 0.15) is 10.6 Å². The van der Waals surface area contributed by atoms with Gasteiger partial charge in [0.2, 0.25) is 0 Å².